The van der Waals surface area contributed by atoms with Crippen LogP contribution in [-0.2, 0) is 20.0 Å². The molecule has 1 aromatic carbocycles. The van der Waals surface area contributed by atoms with Gasteiger partial charge in [-0.2, -0.15) is 5.26 Å². The molecule has 1 atom stereocenters. The van der Waals surface area contributed by atoms with E-state index in [1.54, 1.807) is 0 Å². The van der Waals surface area contributed by atoms with E-state index in [0.717, 1.165) is 24.1 Å². The number of nitrogens with zero attached hydrogens (tertiary/aromatic N) is 2. The van der Waals surface area contributed by atoms with Gasteiger partial charge >= 0.3 is 0 Å². The number of aryl methyl sites for hydroxylation is 1. The van der Waals surface area contributed by atoms with E-state index in [2.05, 4.69) is 18.3 Å². The van der Waals surface area contributed by atoms with Crippen LogP contribution in [0.5, 0.6) is 0 Å². The van der Waals surface area contributed by atoms with E-state index in [-0.39, 0.29) is 11.9 Å². The minimum atomic E-state index is -0.206. The summed E-state index contributed by atoms with van der Waals surface area (Å²) in [6.45, 7) is 2.81. The molecule has 1 heterocycles. The van der Waals surface area contributed by atoms with Crippen LogP contribution in [-0.4, -0.2) is 10.6 Å². The van der Waals surface area contributed by atoms with E-state index in [1.165, 1.54) is 12.1 Å². The molecule has 2 aromatic rings. The molecule has 0 radical (unpaired) electrons. The lowest BCUT2D eigenvalue weighted by atomic mass is 10.1. The first-order chi connectivity index (χ1) is 9.58. The van der Waals surface area contributed by atoms with Gasteiger partial charge in [0.1, 0.15) is 17.6 Å². The Hall–Kier alpha value is -2.12. The highest BCUT2D eigenvalue weighted by molar-refractivity contribution is 5.28. The Kier molecular flexibility index (Phi) is 4.54. The standard InChI is InChI=1S/C16H18FN3/c1-12(7-13-3-5-15(17)6-4-13)19-10-14-8-16(9-18)20(2)11-14/h3-6,8,11-12,19H,7,10H2,1-2H3. The fourth-order valence-electron chi connectivity index (χ4n) is 2.18. The van der Waals surface area contributed by atoms with Crippen LogP contribution in [0.25, 0.3) is 0 Å². The van der Waals surface area contributed by atoms with Crippen LogP contribution in [0.4, 0.5) is 4.39 Å². The molecular formula is C16H18FN3. The van der Waals surface area contributed by atoms with Crippen molar-refractivity contribution in [3.63, 3.8) is 0 Å². The summed E-state index contributed by atoms with van der Waals surface area (Å²) < 4.78 is 14.6. The SMILES string of the molecule is CC(Cc1ccc(F)cc1)NCc1cc(C#N)n(C)c1. The van der Waals surface area contributed by atoms with Crippen molar-refractivity contribution in [2.45, 2.75) is 25.9 Å². The Labute approximate surface area is 118 Å². The summed E-state index contributed by atoms with van der Waals surface area (Å²) in [4.78, 5) is 0. The first kappa shape index (κ1) is 14.3. The molecule has 2 rings (SSSR count). The van der Waals surface area contributed by atoms with Crippen LogP contribution in [0.15, 0.2) is 36.5 Å². The van der Waals surface area contributed by atoms with Crippen molar-refractivity contribution in [1.82, 2.24) is 9.88 Å². The first-order valence-electron chi connectivity index (χ1n) is 6.61. The lowest BCUT2D eigenvalue weighted by Crippen LogP contribution is -2.27. The van der Waals surface area contributed by atoms with Crippen LogP contribution in [0, 0.1) is 17.1 Å². The molecule has 0 spiro atoms. The largest absolute Gasteiger partial charge is 0.342 e. The van der Waals surface area contributed by atoms with Crippen LogP contribution in [0.1, 0.15) is 23.7 Å². The van der Waals surface area contributed by atoms with E-state index in [9.17, 15) is 4.39 Å². The number of nitriles is 1. The fourth-order valence-corrected chi connectivity index (χ4v) is 2.18. The van der Waals surface area contributed by atoms with Crippen molar-refractivity contribution >= 4 is 0 Å². The van der Waals surface area contributed by atoms with Crippen molar-refractivity contribution in [3.8, 4) is 6.07 Å². The number of hydrogen-bond acceptors (Lipinski definition) is 2. The average molecular weight is 271 g/mol. The lowest BCUT2D eigenvalue weighted by molar-refractivity contribution is 0.544. The van der Waals surface area contributed by atoms with Crippen molar-refractivity contribution < 1.29 is 4.39 Å². The summed E-state index contributed by atoms with van der Waals surface area (Å²) in [6.07, 6.45) is 2.80. The number of benzene rings is 1. The molecule has 0 aliphatic rings. The average Bonchev–Trinajstić information content (AvgIpc) is 2.79. The third kappa shape index (κ3) is 3.69. The maximum absolute atomic E-state index is 12.8. The quantitative estimate of drug-likeness (QED) is 0.908. The monoisotopic (exact) mass is 271 g/mol. The fraction of sp³-hybridized carbons (Fsp3) is 0.312. The van der Waals surface area contributed by atoms with Crippen molar-refractivity contribution in [3.05, 3.63) is 59.2 Å². The Morgan fingerprint density at radius 2 is 2.00 bits per heavy atom. The highest BCUT2D eigenvalue weighted by Gasteiger charge is 2.06. The predicted octanol–water partition coefficient (Wildman–Crippen LogP) is 2.76. The third-order valence-corrected chi connectivity index (χ3v) is 3.29. The van der Waals surface area contributed by atoms with Crippen LogP contribution in [0.3, 0.4) is 0 Å². The molecule has 1 aromatic heterocycles. The Morgan fingerprint density at radius 1 is 1.30 bits per heavy atom. The molecule has 20 heavy (non-hydrogen) atoms. The van der Waals surface area contributed by atoms with E-state index in [0.29, 0.717) is 5.69 Å². The van der Waals surface area contributed by atoms with E-state index < -0.39 is 0 Å². The van der Waals surface area contributed by atoms with Gasteiger partial charge in [0, 0.05) is 25.8 Å². The molecule has 3 nitrogen and oxygen atoms in total. The maximum Gasteiger partial charge on any atom is 0.123 e. The molecule has 0 saturated heterocycles. The first-order valence-corrected chi connectivity index (χ1v) is 6.61. The van der Waals surface area contributed by atoms with E-state index >= 15 is 0 Å². The van der Waals surface area contributed by atoms with Gasteiger partial charge in [0.15, 0.2) is 0 Å². The summed E-state index contributed by atoms with van der Waals surface area (Å²) in [6, 6.07) is 10.9. The Bertz CT molecular complexity index is 608. The molecular weight excluding hydrogens is 253 g/mol. The zero-order valence-corrected chi connectivity index (χ0v) is 11.7. The predicted molar refractivity (Wildman–Crippen MR) is 76.5 cm³/mol. The minimum Gasteiger partial charge on any atom is -0.342 e. The number of aromatic nitrogens is 1. The number of hydrogen-bond donors (Lipinski definition) is 1. The molecule has 0 aliphatic heterocycles. The van der Waals surface area contributed by atoms with Gasteiger partial charge in [0.2, 0.25) is 0 Å². The number of rotatable bonds is 5. The van der Waals surface area contributed by atoms with Gasteiger partial charge in [0.25, 0.3) is 0 Å². The zero-order valence-electron chi connectivity index (χ0n) is 11.7. The number of halogens is 1. The van der Waals surface area contributed by atoms with Gasteiger partial charge in [0.05, 0.1) is 0 Å². The second-order valence-corrected chi connectivity index (χ2v) is 5.07. The van der Waals surface area contributed by atoms with Crippen molar-refractivity contribution in [1.29, 1.82) is 5.26 Å². The van der Waals surface area contributed by atoms with Crippen LogP contribution >= 0.6 is 0 Å². The molecule has 4 heteroatoms. The highest BCUT2D eigenvalue weighted by Crippen LogP contribution is 2.08. The van der Waals surface area contributed by atoms with E-state index in [4.69, 9.17) is 5.26 Å². The number of nitrogens with one attached hydrogen (secondary N) is 1. The van der Waals surface area contributed by atoms with Gasteiger partial charge in [-0.1, -0.05) is 12.1 Å². The molecule has 0 amide bonds. The van der Waals surface area contributed by atoms with Gasteiger partial charge in [-0.25, -0.2) is 4.39 Å². The van der Waals surface area contributed by atoms with Crippen LogP contribution in [0.2, 0.25) is 0 Å². The molecule has 104 valence electrons. The van der Waals surface area contributed by atoms with Gasteiger partial charge < -0.3 is 9.88 Å². The second-order valence-electron chi connectivity index (χ2n) is 5.07. The summed E-state index contributed by atoms with van der Waals surface area (Å²) in [5.74, 6) is -0.206. The second kappa shape index (κ2) is 6.36. The van der Waals surface area contributed by atoms with Gasteiger partial charge in [-0.05, 0) is 42.7 Å². The molecule has 0 bridgehead atoms. The van der Waals surface area contributed by atoms with E-state index in [1.807, 2.05) is 36.0 Å². The molecule has 0 aliphatic carbocycles. The normalized spacial score (nSPS) is 12.1. The topological polar surface area (TPSA) is 40.8 Å². The summed E-state index contributed by atoms with van der Waals surface area (Å²) in [5.41, 5.74) is 2.86. The molecule has 1 N–H and O–H groups in total. The highest BCUT2D eigenvalue weighted by atomic mass is 19.1. The smallest absolute Gasteiger partial charge is 0.123 e. The van der Waals surface area contributed by atoms with Gasteiger partial charge in [-0.3, -0.25) is 0 Å². The molecule has 0 fully saturated rings. The zero-order chi connectivity index (χ0) is 14.5. The van der Waals surface area contributed by atoms with Crippen LogP contribution < -0.4 is 5.32 Å². The van der Waals surface area contributed by atoms with Gasteiger partial charge in [-0.15, -0.1) is 0 Å². The maximum atomic E-state index is 12.8. The minimum absolute atomic E-state index is 0.206. The molecule has 0 saturated carbocycles. The Morgan fingerprint density at radius 3 is 2.60 bits per heavy atom. The Balaban J connectivity index is 1.87. The molecule has 1 unspecified atom stereocenters. The summed E-state index contributed by atoms with van der Waals surface area (Å²) in [5, 5.41) is 12.3. The third-order valence-electron chi connectivity index (χ3n) is 3.29. The summed E-state index contributed by atoms with van der Waals surface area (Å²) >= 11 is 0. The van der Waals surface area contributed by atoms with Crippen molar-refractivity contribution in [2.24, 2.45) is 7.05 Å². The summed E-state index contributed by atoms with van der Waals surface area (Å²) in [7, 11) is 1.87. The van der Waals surface area contributed by atoms with Crippen molar-refractivity contribution in [2.75, 3.05) is 0 Å². The lowest BCUT2D eigenvalue weighted by Gasteiger charge is -2.13.